The van der Waals surface area contributed by atoms with Crippen LogP contribution in [0.5, 0.6) is 0 Å². The maximum atomic E-state index is 12.4. The Labute approximate surface area is 218 Å². The van der Waals surface area contributed by atoms with Crippen LogP contribution in [-0.2, 0) is 4.74 Å². The molecule has 0 aliphatic carbocycles. The minimum atomic E-state index is -0.379. The molecule has 4 heterocycles. The van der Waals surface area contributed by atoms with Crippen LogP contribution in [0.3, 0.4) is 0 Å². The molecule has 0 spiro atoms. The fourth-order valence-electron chi connectivity index (χ4n) is 4.04. The van der Waals surface area contributed by atoms with E-state index >= 15 is 0 Å². The quantitative estimate of drug-likeness (QED) is 0.366. The van der Waals surface area contributed by atoms with Crippen molar-refractivity contribution in [2.45, 2.75) is 53.0 Å². The number of hydrogen-bond acceptors (Lipinski definition) is 10. The zero-order valence-corrected chi connectivity index (χ0v) is 22.2. The molecule has 1 saturated heterocycles. The number of esters is 1. The zero-order valence-electron chi connectivity index (χ0n) is 21.4. The summed E-state index contributed by atoms with van der Waals surface area (Å²) < 4.78 is 10.1. The lowest BCUT2D eigenvalue weighted by atomic mass is 10.1. The van der Waals surface area contributed by atoms with Gasteiger partial charge in [-0.15, -0.1) is 11.3 Å². The maximum absolute atomic E-state index is 12.4. The predicted octanol–water partition coefficient (Wildman–Crippen LogP) is 4.82. The molecule has 1 amide bonds. The number of amides is 1. The Balaban J connectivity index is 0.000000175. The molecular formula is C26H30N6O4S. The number of carbonyl (C=O) groups excluding carboxylic acids is 2. The van der Waals surface area contributed by atoms with Gasteiger partial charge in [0.15, 0.2) is 5.01 Å². The van der Waals surface area contributed by atoms with Gasteiger partial charge in [-0.1, -0.05) is 24.2 Å². The second-order valence-electron chi connectivity index (χ2n) is 8.83. The van der Waals surface area contributed by atoms with E-state index in [-0.39, 0.29) is 17.9 Å². The molecule has 1 aromatic carbocycles. The molecule has 10 nitrogen and oxygen atoms in total. The maximum Gasteiger partial charge on any atom is 0.350 e. The summed E-state index contributed by atoms with van der Waals surface area (Å²) in [5.74, 6) is 1.16. The molecule has 1 aliphatic rings. The van der Waals surface area contributed by atoms with E-state index in [2.05, 4.69) is 20.1 Å². The first kappa shape index (κ1) is 26.2. The molecule has 0 radical (unpaired) electrons. The first-order valence-corrected chi connectivity index (χ1v) is 13.0. The van der Waals surface area contributed by atoms with Crippen LogP contribution in [0.2, 0.25) is 0 Å². The number of carbonyl (C=O) groups is 2. The van der Waals surface area contributed by atoms with E-state index in [0.29, 0.717) is 39.7 Å². The predicted molar refractivity (Wildman–Crippen MR) is 141 cm³/mol. The lowest BCUT2D eigenvalue weighted by Gasteiger charge is -2.19. The molecule has 4 aromatic rings. The fraction of sp³-hybridized carbons (Fsp3) is 0.385. The minimum absolute atomic E-state index is 0.0716. The third kappa shape index (κ3) is 5.93. The van der Waals surface area contributed by atoms with Crippen LogP contribution in [0.4, 0.5) is 5.82 Å². The van der Waals surface area contributed by atoms with E-state index in [1.807, 2.05) is 43.0 Å². The van der Waals surface area contributed by atoms with Gasteiger partial charge < -0.3 is 19.9 Å². The average molecular weight is 523 g/mol. The summed E-state index contributed by atoms with van der Waals surface area (Å²) in [5.41, 5.74) is 7.28. The van der Waals surface area contributed by atoms with Crippen LogP contribution in [0.15, 0.2) is 35.0 Å². The smallest absolute Gasteiger partial charge is 0.350 e. The number of fused-ring (bicyclic) bond motifs is 1. The number of likely N-dealkylation sites (tertiary alicyclic amines) is 1. The summed E-state index contributed by atoms with van der Waals surface area (Å²) >= 11 is 1.14. The number of benzene rings is 1. The van der Waals surface area contributed by atoms with Crippen LogP contribution < -0.4 is 5.73 Å². The molecule has 1 unspecified atom stereocenters. The van der Waals surface area contributed by atoms with Gasteiger partial charge in [0.2, 0.25) is 11.7 Å². The third-order valence-electron chi connectivity index (χ3n) is 6.00. The number of nitrogens with two attached hydrogens (primary N) is 1. The van der Waals surface area contributed by atoms with Crippen molar-refractivity contribution in [2.24, 2.45) is 0 Å². The first-order valence-electron chi connectivity index (χ1n) is 12.2. The number of anilines is 1. The van der Waals surface area contributed by atoms with E-state index < -0.39 is 0 Å². The molecule has 2 N–H and O–H groups in total. The molecule has 37 heavy (non-hydrogen) atoms. The lowest BCUT2D eigenvalue weighted by Crippen LogP contribution is -2.33. The molecule has 194 valence electrons. The van der Waals surface area contributed by atoms with Gasteiger partial charge >= 0.3 is 5.97 Å². The van der Waals surface area contributed by atoms with E-state index in [4.69, 9.17) is 15.0 Å². The molecule has 3 aromatic heterocycles. The Hall–Kier alpha value is -3.86. The van der Waals surface area contributed by atoms with Crippen molar-refractivity contribution in [3.63, 3.8) is 0 Å². The summed E-state index contributed by atoms with van der Waals surface area (Å²) in [4.78, 5) is 39.0. The van der Waals surface area contributed by atoms with Crippen LogP contribution in [0.25, 0.3) is 22.2 Å². The van der Waals surface area contributed by atoms with Gasteiger partial charge in [-0.3, -0.25) is 4.79 Å². The Kier molecular flexibility index (Phi) is 8.12. The van der Waals surface area contributed by atoms with Crippen molar-refractivity contribution in [1.29, 1.82) is 0 Å². The molecule has 0 bridgehead atoms. The number of rotatable bonds is 5. The molecule has 0 saturated carbocycles. The molecule has 5 rings (SSSR count). The highest BCUT2D eigenvalue weighted by Crippen LogP contribution is 2.26. The summed E-state index contributed by atoms with van der Waals surface area (Å²) in [5, 5.41) is 6.20. The number of thiazole rings is 1. The SMILES string of the molecule is CCCOC(=O)c1sc(C(=O)N2CCCC2C)nc1C.Cc1nc(-c2ccc3ccnc(N)c3c2)no1. The Morgan fingerprint density at radius 3 is 2.73 bits per heavy atom. The van der Waals surface area contributed by atoms with Gasteiger partial charge in [0.1, 0.15) is 10.7 Å². The van der Waals surface area contributed by atoms with Gasteiger partial charge in [0.25, 0.3) is 5.91 Å². The minimum Gasteiger partial charge on any atom is -0.461 e. The largest absolute Gasteiger partial charge is 0.461 e. The number of nitrogen functional groups attached to an aromatic ring is 1. The molecular weight excluding hydrogens is 492 g/mol. The highest BCUT2D eigenvalue weighted by molar-refractivity contribution is 7.15. The van der Waals surface area contributed by atoms with Gasteiger partial charge in [0, 0.05) is 36.7 Å². The van der Waals surface area contributed by atoms with Crippen molar-refractivity contribution in [3.8, 4) is 11.4 Å². The van der Waals surface area contributed by atoms with Crippen molar-refractivity contribution >= 4 is 39.8 Å². The summed E-state index contributed by atoms with van der Waals surface area (Å²) in [6.45, 7) is 8.64. The van der Waals surface area contributed by atoms with Gasteiger partial charge in [-0.2, -0.15) is 4.98 Å². The van der Waals surface area contributed by atoms with Crippen LogP contribution in [0, 0.1) is 13.8 Å². The second-order valence-corrected chi connectivity index (χ2v) is 9.83. The fourth-order valence-corrected chi connectivity index (χ4v) is 4.96. The lowest BCUT2D eigenvalue weighted by molar-refractivity contribution is 0.0509. The normalized spacial score (nSPS) is 14.9. The summed E-state index contributed by atoms with van der Waals surface area (Å²) in [6, 6.07) is 7.99. The van der Waals surface area contributed by atoms with E-state index in [9.17, 15) is 9.59 Å². The Morgan fingerprint density at radius 2 is 2.05 bits per heavy atom. The average Bonchev–Trinajstić information content (AvgIpc) is 3.62. The molecule has 11 heteroatoms. The number of aromatic nitrogens is 4. The topological polar surface area (TPSA) is 137 Å². The molecule has 1 atom stereocenters. The zero-order chi connectivity index (χ0) is 26.5. The Morgan fingerprint density at radius 1 is 1.24 bits per heavy atom. The number of ether oxygens (including phenoxy) is 1. The van der Waals surface area contributed by atoms with Crippen molar-refractivity contribution in [2.75, 3.05) is 18.9 Å². The highest BCUT2D eigenvalue weighted by Gasteiger charge is 2.29. The first-order chi connectivity index (χ1) is 17.8. The van der Waals surface area contributed by atoms with Gasteiger partial charge in [-0.05, 0) is 50.6 Å². The van der Waals surface area contributed by atoms with Gasteiger partial charge in [-0.25, -0.2) is 14.8 Å². The number of aryl methyl sites for hydroxylation is 2. The van der Waals surface area contributed by atoms with E-state index in [0.717, 1.165) is 53.5 Å². The highest BCUT2D eigenvalue weighted by atomic mass is 32.1. The van der Waals surface area contributed by atoms with Crippen molar-refractivity contribution in [1.82, 2.24) is 25.0 Å². The van der Waals surface area contributed by atoms with E-state index in [1.54, 1.807) is 20.0 Å². The second kappa shape index (κ2) is 11.5. The van der Waals surface area contributed by atoms with Gasteiger partial charge in [0.05, 0.1) is 12.3 Å². The number of pyridine rings is 1. The van der Waals surface area contributed by atoms with Crippen molar-refractivity contribution < 1.29 is 18.8 Å². The van der Waals surface area contributed by atoms with E-state index in [1.165, 1.54) is 0 Å². The summed E-state index contributed by atoms with van der Waals surface area (Å²) in [6.07, 6.45) is 4.53. The molecule has 1 aliphatic heterocycles. The van der Waals surface area contributed by atoms with Crippen LogP contribution >= 0.6 is 11.3 Å². The summed E-state index contributed by atoms with van der Waals surface area (Å²) in [7, 11) is 0. The number of nitrogens with zero attached hydrogens (tertiary/aromatic N) is 5. The number of hydrogen-bond donors (Lipinski definition) is 1. The van der Waals surface area contributed by atoms with Crippen molar-refractivity contribution in [3.05, 3.63) is 51.9 Å². The Bertz CT molecular complexity index is 1420. The van der Waals surface area contributed by atoms with Crippen LogP contribution in [0.1, 0.15) is 64.2 Å². The van der Waals surface area contributed by atoms with Crippen LogP contribution in [-0.4, -0.2) is 56.1 Å². The monoisotopic (exact) mass is 522 g/mol. The standard InChI is InChI=1S/C14H20N2O3S.C12H10N4O/c1-4-8-19-14(18)11-10(3)15-12(20-11)13(17)16-7-5-6-9(16)2;1-7-15-12(16-17-7)9-3-2-8-4-5-14-11(13)10(8)6-9/h9H,4-8H2,1-3H3;2-6H,1H3,(H2,13,14). The molecule has 1 fully saturated rings. The third-order valence-corrected chi connectivity index (χ3v) is 7.12.